The Bertz CT molecular complexity index is 1000. The Morgan fingerprint density at radius 2 is 1.50 bits per heavy atom. The minimum atomic E-state index is -0.768. The zero-order valence-corrected chi connectivity index (χ0v) is 13.9. The van der Waals surface area contributed by atoms with Crippen molar-refractivity contribution in [3.05, 3.63) is 83.0 Å². The molecule has 0 unspecified atom stereocenters. The number of aryl methyl sites for hydroxylation is 1. The van der Waals surface area contributed by atoms with Gasteiger partial charge in [0.2, 0.25) is 0 Å². The Balaban J connectivity index is 1.59. The predicted molar refractivity (Wildman–Crippen MR) is 93.3 cm³/mol. The van der Waals surface area contributed by atoms with E-state index < -0.39 is 17.8 Å². The second-order valence-corrected chi connectivity index (χ2v) is 5.92. The molecule has 6 nitrogen and oxygen atoms in total. The third-order valence-corrected chi connectivity index (χ3v) is 4.25. The lowest BCUT2D eigenvalue weighted by molar-refractivity contribution is -0.0585. The van der Waals surface area contributed by atoms with Gasteiger partial charge in [0, 0.05) is 11.4 Å². The highest BCUT2D eigenvalue weighted by molar-refractivity contribution is 6.21. The molecule has 0 saturated carbocycles. The van der Waals surface area contributed by atoms with Crippen LogP contribution in [-0.2, 0) is 4.84 Å². The number of amides is 2. The van der Waals surface area contributed by atoms with Gasteiger partial charge in [-0.1, -0.05) is 47.5 Å². The molecule has 0 bridgehead atoms. The number of nitrogens with one attached hydrogen (secondary N) is 1. The lowest BCUT2D eigenvalue weighted by Gasteiger charge is -2.12. The predicted octanol–water partition coefficient (Wildman–Crippen LogP) is 3.36. The minimum absolute atomic E-state index is 0.223. The minimum Gasteiger partial charge on any atom is -0.358 e. The first kappa shape index (κ1) is 15.8. The first-order valence-corrected chi connectivity index (χ1v) is 8.01. The van der Waals surface area contributed by atoms with E-state index in [-0.39, 0.29) is 16.7 Å². The zero-order valence-electron chi connectivity index (χ0n) is 13.9. The van der Waals surface area contributed by atoms with Gasteiger partial charge in [0.05, 0.1) is 16.7 Å². The molecule has 1 aliphatic heterocycles. The van der Waals surface area contributed by atoms with Crippen LogP contribution >= 0.6 is 0 Å². The lowest BCUT2D eigenvalue weighted by Crippen LogP contribution is -2.32. The van der Waals surface area contributed by atoms with E-state index in [0.717, 1.165) is 11.3 Å². The monoisotopic (exact) mass is 346 g/mol. The third-order valence-electron chi connectivity index (χ3n) is 4.25. The van der Waals surface area contributed by atoms with Crippen LogP contribution < -0.4 is 0 Å². The number of hydrogen-bond donors (Lipinski definition) is 1. The molecule has 1 aromatic heterocycles. The number of rotatable bonds is 3. The van der Waals surface area contributed by atoms with Gasteiger partial charge in [0.15, 0.2) is 0 Å². The van der Waals surface area contributed by atoms with Crippen molar-refractivity contribution >= 4 is 17.8 Å². The molecule has 0 fully saturated rings. The van der Waals surface area contributed by atoms with Crippen LogP contribution in [0.25, 0.3) is 11.3 Å². The second-order valence-electron chi connectivity index (χ2n) is 5.92. The van der Waals surface area contributed by atoms with E-state index >= 15 is 0 Å². The number of hydroxylamine groups is 2. The van der Waals surface area contributed by atoms with Gasteiger partial charge in [-0.25, -0.2) is 4.79 Å². The quantitative estimate of drug-likeness (QED) is 0.738. The summed E-state index contributed by atoms with van der Waals surface area (Å²) in [4.78, 5) is 45.4. The number of aromatic nitrogens is 1. The van der Waals surface area contributed by atoms with Gasteiger partial charge >= 0.3 is 5.97 Å². The van der Waals surface area contributed by atoms with E-state index in [4.69, 9.17) is 4.84 Å². The average molecular weight is 346 g/mol. The van der Waals surface area contributed by atoms with Gasteiger partial charge < -0.3 is 9.82 Å². The number of benzene rings is 2. The molecule has 4 rings (SSSR count). The molecule has 2 amide bonds. The largest absolute Gasteiger partial charge is 0.365 e. The van der Waals surface area contributed by atoms with Crippen molar-refractivity contribution in [1.29, 1.82) is 0 Å². The maximum absolute atomic E-state index is 12.5. The molecule has 0 spiro atoms. The topological polar surface area (TPSA) is 79.5 Å². The fourth-order valence-electron chi connectivity index (χ4n) is 2.93. The van der Waals surface area contributed by atoms with Crippen LogP contribution in [0.3, 0.4) is 0 Å². The molecule has 2 aromatic carbocycles. The van der Waals surface area contributed by atoms with Gasteiger partial charge in [-0.05, 0) is 30.7 Å². The first-order chi connectivity index (χ1) is 12.6. The van der Waals surface area contributed by atoms with Crippen molar-refractivity contribution in [2.45, 2.75) is 6.92 Å². The van der Waals surface area contributed by atoms with Crippen LogP contribution in [0.4, 0.5) is 0 Å². The smallest absolute Gasteiger partial charge is 0.358 e. The van der Waals surface area contributed by atoms with Crippen LogP contribution in [0, 0.1) is 6.92 Å². The number of imide groups is 1. The van der Waals surface area contributed by atoms with Crippen LogP contribution in [0.1, 0.15) is 36.8 Å². The summed E-state index contributed by atoms with van der Waals surface area (Å²) in [6.07, 6.45) is 0. The lowest BCUT2D eigenvalue weighted by atomic mass is 10.1. The molecule has 1 N–H and O–H groups in total. The van der Waals surface area contributed by atoms with Crippen molar-refractivity contribution in [2.24, 2.45) is 0 Å². The van der Waals surface area contributed by atoms with Crippen LogP contribution in [0.2, 0.25) is 0 Å². The van der Waals surface area contributed by atoms with Crippen molar-refractivity contribution in [2.75, 3.05) is 0 Å². The number of aromatic amines is 1. The van der Waals surface area contributed by atoms with E-state index in [9.17, 15) is 14.4 Å². The molecule has 3 aromatic rings. The number of fused-ring (bicyclic) bond motifs is 1. The van der Waals surface area contributed by atoms with E-state index in [2.05, 4.69) is 4.98 Å². The third kappa shape index (κ3) is 2.48. The molecule has 0 radical (unpaired) electrons. The molecule has 0 atom stereocenters. The number of carbonyl (C=O) groups excluding carboxylic acids is 3. The van der Waals surface area contributed by atoms with E-state index in [0.29, 0.717) is 10.8 Å². The summed E-state index contributed by atoms with van der Waals surface area (Å²) >= 11 is 0. The van der Waals surface area contributed by atoms with Crippen molar-refractivity contribution in [3.63, 3.8) is 0 Å². The Kier molecular flexibility index (Phi) is 3.65. The SMILES string of the molecule is Cc1[nH]c(-c2ccccc2)cc1C(=O)ON1C(=O)c2ccccc2C1=O. The van der Waals surface area contributed by atoms with Gasteiger partial charge in [-0.15, -0.1) is 0 Å². The van der Waals surface area contributed by atoms with Gasteiger partial charge in [0.1, 0.15) is 0 Å². The van der Waals surface area contributed by atoms with Gasteiger partial charge in [-0.2, -0.15) is 0 Å². The molecule has 26 heavy (non-hydrogen) atoms. The highest BCUT2D eigenvalue weighted by Gasteiger charge is 2.39. The van der Waals surface area contributed by atoms with Crippen molar-refractivity contribution in [1.82, 2.24) is 10.0 Å². The number of carbonyl (C=O) groups is 3. The molecule has 6 heteroatoms. The molecule has 0 aliphatic carbocycles. The summed E-state index contributed by atoms with van der Waals surface area (Å²) < 4.78 is 0. The average Bonchev–Trinajstić information content (AvgIpc) is 3.17. The fourth-order valence-corrected chi connectivity index (χ4v) is 2.93. The molecule has 128 valence electrons. The maximum atomic E-state index is 12.5. The highest BCUT2D eigenvalue weighted by Crippen LogP contribution is 2.25. The van der Waals surface area contributed by atoms with E-state index in [1.165, 1.54) is 12.1 Å². The number of hydrogen-bond acceptors (Lipinski definition) is 4. The summed E-state index contributed by atoms with van der Waals surface area (Å²) in [5.41, 5.74) is 2.96. The molecular formula is C20H14N2O4. The molecule has 0 saturated heterocycles. The second kappa shape index (κ2) is 6.00. The van der Waals surface area contributed by atoms with E-state index in [1.54, 1.807) is 25.1 Å². The summed E-state index contributed by atoms with van der Waals surface area (Å²) in [5.74, 6) is -2.05. The maximum Gasteiger partial charge on any atom is 0.365 e. The van der Waals surface area contributed by atoms with Gasteiger partial charge in [-0.3, -0.25) is 9.59 Å². The summed E-state index contributed by atoms with van der Waals surface area (Å²) in [6, 6.07) is 17.5. The fraction of sp³-hybridized carbons (Fsp3) is 0.0500. The van der Waals surface area contributed by atoms with Crippen LogP contribution in [0.15, 0.2) is 60.7 Å². The summed E-state index contributed by atoms with van der Waals surface area (Å²) in [7, 11) is 0. The number of H-pyrrole nitrogens is 1. The van der Waals surface area contributed by atoms with Gasteiger partial charge in [0.25, 0.3) is 11.8 Å². The van der Waals surface area contributed by atoms with Crippen molar-refractivity contribution < 1.29 is 19.2 Å². The molecular weight excluding hydrogens is 332 g/mol. The standard InChI is InChI=1S/C20H14N2O4/c1-12-16(11-17(21-12)13-7-3-2-4-8-13)20(25)26-22-18(23)14-9-5-6-10-15(14)19(22)24/h2-11,21H,1H3. The Hall–Kier alpha value is -3.67. The normalized spacial score (nSPS) is 13.0. The Morgan fingerprint density at radius 1 is 0.923 bits per heavy atom. The summed E-state index contributed by atoms with van der Waals surface area (Å²) in [6.45, 7) is 1.73. The Morgan fingerprint density at radius 3 is 2.12 bits per heavy atom. The molecule has 2 heterocycles. The zero-order chi connectivity index (χ0) is 18.3. The highest BCUT2D eigenvalue weighted by atomic mass is 16.7. The number of nitrogens with zero attached hydrogens (tertiary/aromatic N) is 1. The molecule has 1 aliphatic rings. The Labute approximate surface area is 149 Å². The van der Waals surface area contributed by atoms with Crippen molar-refractivity contribution in [3.8, 4) is 11.3 Å². The van der Waals surface area contributed by atoms with Crippen LogP contribution in [0.5, 0.6) is 0 Å². The summed E-state index contributed by atoms with van der Waals surface area (Å²) in [5, 5.41) is 0.516. The first-order valence-electron chi connectivity index (χ1n) is 8.01. The van der Waals surface area contributed by atoms with Crippen LogP contribution in [-0.4, -0.2) is 27.8 Å². The van der Waals surface area contributed by atoms with E-state index in [1.807, 2.05) is 30.3 Å².